The topological polar surface area (TPSA) is 54.4 Å². The summed E-state index contributed by atoms with van der Waals surface area (Å²) in [6, 6.07) is 0. The van der Waals surface area contributed by atoms with Crippen molar-refractivity contribution in [2.75, 3.05) is 0 Å². The molecule has 0 rings (SSSR count). The van der Waals surface area contributed by atoms with E-state index in [0.717, 1.165) is 0 Å². The van der Waals surface area contributed by atoms with Crippen LogP contribution in [0.4, 0.5) is 0 Å². The van der Waals surface area contributed by atoms with Crippen LogP contribution in [0, 0.1) is 0 Å². The molecule has 0 aromatic carbocycles. The molecule has 0 atom stereocenters. The molecule has 8 heavy (non-hydrogen) atoms. The van der Waals surface area contributed by atoms with Gasteiger partial charge in [-0.05, 0) is 13.8 Å². The fraction of sp³-hybridized carbons (Fsp3) is 1.00. The van der Waals surface area contributed by atoms with Crippen molar-refractivity contribution in [3.8, 4) is 0 Å². The summed E-state index contributed by atoms with van der Waals surface area (Å²) in [4.78, 5) is 0. The average Bonchev–Trinajstić information content (AvgIpc) is 1.31. The Morgan fingerprint density at radius 3 is 1.50 bits per heavy atom. The van der Waals surface area contributed by atoms with Gasteiger partial charge in [0.1, 0.15) is 0 Å². The van der Waals surface area contributed by atoms with Crippen molar-refractivity contribution in [1.29, 1.82) is 0 Å². The zero-order valence-corrected chi connectivity index (χ0v) is 5.07. The second-order valence-corrected chi connectivity index (χ2v) is 3.54. The molecule has 0 aliphatic carbocycles. The summed E-state index contributed by atoms with van der Waals surface area (Å²) in [6.07, 6.45) is 0. The third-order valence-electron chi connectivity index (χ3n) is 0.596. The average molecular weight is 150 g/mol. The minimum Gasteiger partial charge on any atom is -0.285 e. The predicted octanol–water partition coefficient (Wildman–Crippen LogP) is -0.634. The highest BCUT2D eigenvalue weighted by Gasteiger charge is 2.08. The molecule has 0 aliphatic heterocycles. The van der Waals surface area contributed by atoms with Crippen LogP contribution in [0.15, 0.2) is 0 Å². The van der Waals surface area contributed by atoms with E-state index in [1.807, 2.05) is 0 Å². The van der Waals surface area contributed by atoms with Gasteiger partial charge in [-0.15, -0.1) is 0 Å². The second kappa shape index (κ2) is 3.65. The lowest BCUT2D eigenvalue weighted by Gasteiger charge is -1.94. The van der Waals surface area contributed by atoms with Gasteiger partial charge in [0.15, 0.2) is 0 Å². The maximum atomic E-state index is 9.89. The van der Waals surface area contributed by atoms with Crippen molar-refractivity contribution in [2.45, 2.75) is 19.1 Å². The van der Waals surface area contributed by atoms with Crippen LogP contribution in [0.1, 0.15) is 13.8 Å². The molecule has 3 nitrogen and oxygen atoms in total. The van der Waals surface area contributed by atoms with E-state index in [9.17, 15) is 8.42 Å². The minimum absolute atomic E-state index is 0. The molecule has 48 valence electrons. The van der Waals surface area contributed by atoms with Gasteiger partial charge in [0.25, 0.3) is 10.1 Å². The van der Waals surface area contributed by atoms with Gasteiger partial charge < -0.3 is 0 Å². The van der Waals surface area contributed by atoms with Gasteiger partial charge in [0.2, 0.25) is 0 Å². The van der Waals surface area contributed by atoms with Gasteiger partial charge >= 0.3 is 23.1 Å². The quantitative estimate of drug-likeness (QED) is 0.400. The summed E-state index contributed by atoms with van der Waals surface area (Å²) in [5.41, 5.74) is 0. The predicted molar refractivity (Wildman–Crippen MR) is 35.2 cm³/mol. The smallest absolute Gasteiger partial charge is 0.285 e. The van der Waals surface area contributed by atoms with Gasteiger partial charge in [-0.25, -0.2) is 0 Å². The van der Waals surface area contributed by atoms with Crippen LogP contribution in [0.3, 0.4) is 0 Å². The number of rotatable bonds is 1. The Kier molecular flexibility index (Phi) is 5.24. The Morgan fingerprint density at radius 1 is 1.38 bits per heavy atom. The lowest BCUT2D eigenvalue weighted by molar-refractivity contribution is 0.473. The maximum absolute atomic E-state index is 9.89. The molecule has 0 saturated carbocycles. The summed E-state index contributed by atoms with van der Waals surface area (Å²) < 4.78 is 27.8. The zero-order chi connectivity index (χ0) is 6.08. The molecule has 0 heterocycles. The van der Waals surface area contributed by atoms with E-state index in [2.05, 4.69) is 0 Å². The van der Waals surface area contributed by atoms with Crippen LogP contribution in [0.2, 0.25) is 0 Å². The third kappa shape index (κ3) is 4.83. The van der Waals surface area contributed by atoms with Gasteiger partial charge in [0.05, 0.1) is 5.25 Å². The van der Waals surface area contributed by atoms with E-state index in [0.29, 0.717) is 0 Å². The molecule has 0 spiro atoms. The highest BCUT2D eigenvalue weighted by atomic mass is 32.2. The first-order valence-electron chi connectivity index (χ1n) is 1.91. The van der Waals surface area contributed by atoms with Crippen molar-refractivity contribution < 1.29 is 13.0 Å². The van der Waals surface area contributed by atoms with Crippen LogP contribution in [0.5, 0.6) is 0 Å². The molecular weight excluding hydrogens is 140 g/mol. The van der Waals surface area contributed by atoms with Gasteiger partial charge in [-0.1, -0.05) is 0 Å². The Hall–Kier alpha value is 0.676. The van der Waals surface area contributed by atoms with Crippen molar-refractivity contribution in [1.82, 2.24) is 0 Å². The van der Waals surface area contributed by atoms with Gasteiger partial charge in [-0.3, -0.25) is 4.55 Å². The van der Waals surface area contributed by atoms with E-state index in [4.69, 9.17) is 4.55 Å². The molecule has 0 saturated heterocycles. The fourth-order valence-electron chi connectivity index (χ4n) is 0. The highest BCUT2D eigenvalue weighted by molar-refractivity contribution is 7.86. The van der Waals surface area contributed by atoms with Crippen LogP contribution in [-0.2, 0) is 10.1 Å². The summed E-state index contributed by atoms with van der Waals surface area (Å²) in [7, 11) is -3.74. The Morgan fingerprint density at radius 2 is 1.50 bits per heavy atom. The van der Waals surface area contributed by atoms with Crippen LogP contribution in [0.25, 0.3) is 0 Å². The first-order valence-corrected chi connectivity index (χ1v) is 3.41. The molecule has 0 aromatic rings. The first kappa shape index (κ1) is 11.5. The number of hydrogen-bond acceptors (Lipinski definition) is 2. The molecule has 0 radical (unpaired) electrons. The van der Waals surface area contributed by atoms with Crippen molar-refractivity contribution in [3.05, 3.63) is 0 Å². The van der Waals surface area contributed by atoms with Gasteiger partial charge in [-0.2, -0.15) is 8.42 Å². The number of hydrogen-bond donors (Lipinski definition) is 1. The first-order chi connectivity index (χ1) is 2.94. The normalized spacial score (nSPS) is 11.0. The monoisotopic (exact) mass is 150 g/mol. The summed E-state index contributed by atoms with van der Waals surface area (Å²) >= 11 is 0. The zero-order valence-electron chi connectivity index (χ0n) is 4.25. The molecule has 0 fully saturated rings. The molecule has 0 unspecified atom stereocenters. The molecular formula is C3H10MgO3S. The molecule has 0 amide bonds. The summed E-state index contributed by atoms with van der Waals surface area (Å²) in [6.45, 7) is 2.82. The Labute approximate surface area is 65.4 Å². The SMILES string of the molecule is CC(C)S(=O)(=O)O.[MgH2]. The highest BCUT2D eigenvalue weighted by Crippen LogP contribution is 1.91. The van der Waals surface area contributed by atoms with E-state index in [1.54, 1.807) is 0 Å². The third-order valence-corrected chi connectivity index (χ3v) is 1.79. The lowest BCUT2D eigenvalue weighted by atomic mass is 10.6. The molecule has 1 N–H and O–H groups in total. The van der Waals surface area contributed by atoms with Crippen LogP contribution < -0.4 is 0 Å². The minimum atomic E-state index is -3.74. The molecule has 0 bridgehead atoms. The fourth-order valence-corrected chi connectivity index (χ4v) is 0. The van der Waals surface area contributed by atoms with E-state index >= 15 is 0 Å². The summed E-state index contributed by atoms with van der Waals surface area (Å²) in [5, 5.41) is -0.674. The molecule has 0 aliphatic rings. The standard InChI is InChI=1S/C3H8O3S.Mg.2H/c1-3(2)7(4,5)6;;;/h3H,1-2H3,(H,4,5,6);;;. The Bertz CT molecular complexity index is 137. The lowest BCUT2D eigenvalue weighted by Crippen LogP contribution is -2.10. The van der Waals surface area contributed by atoms with Crippen molar-refractivity contribution in [2.24, 2.45) is 0 Å². The molecule has 0 aromatic heterocycles. The van der Waals surface area contributed by atoms with Gasteiger partial charge in [0, 0.05) is 0 Å². The van der Waals surface area contributed by atoms with Crippen molar-refractivity contribution in [3.63, 3.8) is 0 Å². The van der Waals surface area contributed by atoms with E-state index in [1.165, 1.54) is 13.8 Å². The largest absolute Gasteiger partial charge is 0.316 e. The van der Waals surface area contributed by atoms with E-state index < -0.39 is 15.4 Å². The van der Waals surface area contributed by atoms with Crippen LogP contribution in [-0.4, -0.2) is 41.3 Å². The summed E-state index contributed by atoms with van der Waals surface area (Å²) in [5.74, 6) is 0. The maximum Gasteiger partial charge on any atom is 0.316 e. The van der Waals surface area contributed by atoms with Crippen molar-refractivity contribution >= 4 is 33.2 Å². The Balaban J connectivity index is 0. The van der Waals surface area contributed by atoms with Crippen LogP contribution >= 0.6 is 0 Å². The second-order valence-electron chi connectivity index (χ2n) is 1.56. The van der Waals surface area contributed by atoms with E-state index in [-0.39, 0.29) is 23.1 Å². The molecule has 5 heteroatoms.